The third-order valence-corrected chi connectivity index (χ3v) is 9.47. The Kier molecular flexibility index (Phi) is 5.55. The lowest BCUT2D eigenvalue weighted by atomic mass is 10.2. The van der Waals surface area contributed by atoms with Gasteiger partial charge in [-0.05, 0) is 57.0 Å². The molecule has 1 rings (SSSR count). The summed E-state index contributed by atoms with van der Waals surface area (Å²) >= 11 is 0. The van der Waals surface area contributed by atoms with Crippen molar-refractivity contribution < 1.29 is 17.4 Å². The quantitative estimate of drug-likeness (QED) is 0.528. The molecular weight excluding hydrogens is 310 g/mol. The van der Waals surface area contributed by atoms with Gasteiger partial charge in [-0.3, -0.25) is 4.57 Å². The van der Waals surface area contributed by atoms with Crippen LogP contribution in [0, 0.1) is 5.82 Å². The molecule has 1 aromatic carbocycles. The number of benzene rings is 1. The highest BCUT2D eigenvalue weighted by molar-refractivity contribution is 7.56. The predicted octanol–water partition coefficient (Wildman–Crippen LogP) is 5.22. The van der Waals surface area contributed by atoms with Crippen LogP contribution in [-0.4, -0.2) is 16.6 Å². The van der Waals surface area contributed by atoms with Crippen LogP contribution in [0.2, 0.25) is 39.3 Å². The van der Waals surface area contributed by atoms with Crippen LogP contribution in [0.5, 0.6) is 0 Å². The molecule has 0 saturated heterocycles. The first kappa shape index (κ1) is 17.8. The van der Waals surface area contributed by atoms with Gasteiger partial charge in [-0.15, -0.1) is 0 Å². The van der Waals surface area contributed by atoms with E-state index in [2.05, 4.69) is 0 Å². The van der Waals surface area contributed by atoms with Crippen LogP contribution in [0.25, 0.3) is 0 Å². The summed E-state index contributed by atoms with van der Waals surface area (Å²) in [4.78, 5) is 0. The molecule has 0 N–H and O–H groups in total. The maximum atomic E-state index is 13.0. The zero-order valence-electron chi connectivity index (χ0n) is 13.1. The largest absolute Gasteiger partial charge is 0.351 e. The Balaban J connectivity index is 2.98. The summed E-state index contributed by atoms with van der Waals surface area (Å²) < 4.78 is 37.7. The van der Waals surface area contributed by atoms with Crippen molar-refractivity contribution in [2.45, 2.75) is 45.4 Å². The maximum Gasteiger partial charge on any atom is 0.315 e. The normalized spacial score (nSPS) is 13.6. The molecule has 0 fully saturated rings. The Morgan fingerprint density at radius 1 is 0.950 bits per heavy atom. The summed E-state index contributed by atoms with van der Waals surface area (Å²) in [7, 11) is -7.19. The van der Waals surface area contributed by atoms with Gasteiger partial charge in [-0.1, -0.05) is 12.1 Å². The lowest BCUT2D eigenvalue weighted by molar-refractivity contribution is 0.381. The van der Waals surface area contributed by atoms with Crippen molar-refractivity contribution in [3.8, 4) is 0 Å². The number of hydrogen-bond acceptors (Lipinski definition) is 3. The van der Waals surface area contributed by atoms with Crippen molar-refractivity contribution >= 4 is 24.2 Å². The van der Waals surface area contributed by atoms with Crippen molar-refractivity contribution in [3.05, 3.63) is 35.6 Å². The summed E-state index contributed by atoms with van der Waals surface area (Å²) in [5.74, 6) is -0.305. The highest BCUT2D eigenvalue weighted by Gasteiger charge is 2.36. The molecule has 0 aromatic heterocycles. The first-order chi connectivity index (χ1) is 8.89. The Morgan fingerprint density at radius 2 is 1.35 bits per heavy atom. The van der Waals surface area contributed by atoms with E-state index < -0.39 is 24.2 Å². The van der Waals surface area contributed by atoms with E-state index in [-0.39, 0.29) is 12.0 Å². The first-order valence-electron chi connectivity index (χ1n) is 6.64. The molecule has 0 aliphatic carbocycles. The Labute approximate surface area is 123 Å². The monoisotopic (exact) mass is 334 g/mol. The van der Waals surface area contributed by atoms with Gasteiger partial charge in [0.2, 0.25) is 0 Å². The standard InChI is InChI=1S/C13H24FO3PSi2/c1-19(2,3)16-18(15,17-20(4,5)6)11-12-7-9-13(14)10-8-12/h7-10H,11H2,1-6H3. The van der Waals surface area contributed by atoms with Crippen LogP contribution < -0.4 is 0 Å². The molecule has 1 aromatic rings. The van der Waals surface area contributed by atoms with Gasteiger partial charge in [0.1, 0.15) is 5.82 Å². The number of rotatable bonds is 6. The molecule has 0 amide bonds. The van der Waals surface area contributed by atoms with Crippen molar-refractivity contribution in [3.63, 3.8) is 0 Å². The zero-order valence-corrected chi connectivity index (χ0v) is 16.0. The van der Waals surface area contributed by atoms with E-state index in [0.29, 0.717) is 0 Å². The molecule has 3 nitrogen and oxygen atoms in total. The summed E-state index contributed by atoms with van der Waals surface area (Å²) in [6.07, 6.45) is 0.196. The molecule has 0 heterocycles. The van der Waals surface area contributed by atoms with Crippen LogP contribution >= 0.6 is 7.60 Å². The van der Waals surface area contributed by atoms with Gasteiger partial charge in [0.05, 0.1) is 6.16 Å². The second-order valence-corrected chi connectivity index (χ2v) is 18.3. The molecule has 0 radical (unpaired) electrons. The summed E-state index contributed by atoms with van der Waals surface area (Å²) in [6, 6.07) is 5.98. The summed E-state index contributed by atoms with van der Waals surface area (Å²) in [5, 5.41) is 0. The SMILES string of the molecule is C[Si](C)(C)OP(=O)(Cc1ccc(F)cc1)O[Si](C)(C)C. The molecule has 0 aliphatic rings. The van der Waals surface area contributed by atoms with Crippen LogP contribution in [0.4, 0.5) is 4.39 Å². The van der Waals surface area contributed by atoms with E-state index in [4.69, 9.17) is 8.43 Å². The molecule has 0 atom stereocenters. The molecule has 0 aliphatic heterocycles. The minimum Gasteiger partial charge on any atom is -0.351 e. The smallest absolute Gasteiger partial charge is 0.315 e. The van der Waals surface area contributed by atoms with E-state index in [9.17, 15) is 8.96 Å². The Bertz CT molecular complexity index is 472. The molecule has 20 heavy (non-hydrogen) atoms. The first-order valence-corrected chi connectivity index (χ1v) is 15.2. The second kappa shape index (κ2) is 6.24. The zero-order chi connectivity index (χ0) is 15.6. The molecule has 7 heteroatoms. The number of hydrogen-bond donors (Lipinski definition) is 0. The van der Waals surface area contributed by atoms with Gasteiger partial charge >= 0.3 is 7.60 Å². The van der Waals surface area contributed by atoms with Crippen molar-refractivity contribution in [2.75, 3.05) is 0 Å². The highest BCUT2D eigenvalue weighted by atomic mass is 31.2. The van der Waals surface area contributed by atoms with Crippen molar-refractivity contribution in [2.24, 2.45) is 0 Å². The summed E-state index contributed by atoms with van der Waals surface area (Å²) in [6.45, 7) is 11.9. The van der Waals surface area contributed by atoms with Gasteiger partial charge in [-0.2, -0.15) is 0 Å². The van der Waals surface area contributed by atoms with Crippen molar-refractivity contribution in [1.29, 1.82) is 0 Å². The molecule has 0 spiro atoms. The van der Waals surface area contributed by atoms with E-state index >= 15 is 0 Å². The Hall–Kier alpha value is -0.266. The second-order valence-electron chi connectivity index (χ2n) is 6.80. The van der Waals surface area contributed by atoms with Gasteiger partial charge in [0.25, 0.3) is 0 Å². The van der Waals surface area contributed by atoms with E-state index in [1.54, 1.807) is 12.1 Å². The third-order valence-electron chi connectivity index (χ3n) is 2.12. The molecule has 0 unspecified atom stereocenters. The van der Waals surface area contributed by atoms with Gasteiger partial charge < -0.3 is 8.43 Å². The number of halogens is 1. The lowest BCUT2D eigenvalue weighted by Crippen LogP contribution is -2.30. The third kappa shape index (κ3) is 6.95. The van der Waals surface area contributed by atoms with E-state index in [0.717, 1.165) is 5.56 Å². The average molecular weight is 334 g/mol. The van der Waals surface area contributed by atoms with Gasteiger partial charge in [0, 0.05) is 0 Å². The fourth-order valence-electron chi connectivity index (χ4n) is 1.73. The minimum absolute atomic E-state index is 0.196. The Morgan fingerprint density at radius 3 is 1.70 bits per heavy atom. The maximum absolute atomic E-state index is 13.0. The lowest BCUT2D eigenvalue weighted by Gasteiger charge is -2.31. The topological polar surface area (TPSA) is 35.5 Å². The van der Waals surface area contributed by atoms with E-state index in [1.807, 2.05) is 39.3 Å². The van der Waals surface area contributed by atoms with Crippen LogP contribution in [0.15, 0.2) is 24.3 Å². The van der Waals surface area contributed by atoms with E-state index in [1.165, 1.54) is 12.1 Å². The van der Waals surface area contributed by atoms with Gasteiger partial charge in [0.15, 0.2) is 16.6 Å². The van der Waals surface area contributed by atoms with Crippen LogP contribution in [-0.2, 0) is 19.2 Å². The van der Waals surface area contributed by atoms with Crippen molar-refractivity contribution in [1.82, 2.24) is 0 Å². The van der Waals surface area contributed by atoms with Crippen LogP contribution in [0.1, 0.15) is 5.56 Å². The minimum atomic E-state index is -3.20. The molecule has 0 bridgehead atoms. The average Bonchev–Trinajstić information content (AvgIpc) is 2.15. The predicted molar refractivity (Wildman–Crippen MR) is 86.6 cm³/mol. The fraction of sp³-hybridized carbons (Fsp3) is 0.538. The van der Waals surface area contributed by atoms with Gasteiger partial charge in [-0.25, -0.2) is 4.39 Å². The highest BCUT2D eigenvalue weighted by Crippen LogP contribution is 2.55. The van der Waals surface area contributed by atoms with Crippen LogP contribution in [0.3, 0.4) is 0 Å². The molecule has 0 saturated carbocycles. The fourth-order valence-corrected chi connectivity index (χ4v) is 10.1. The summed E-state index contributed by atoms with van der Waals surface area (Å²) in [5.41, 5.74) is 0.770. The molecule has 114 valence electrons. The molecular formula is C13H24FO3PSi2.